The average Bonchev–Trinajstić information content (AvgIpc) is 2.77. The Kier molecular flexibility index (Phi) is 3.38. The first-order valence-corrected chi connectivity index (χ1v) is 6.49. The summed E-state index contributed by atoms with van der Waals surface area (Å²) in [4.78, 5) is 0. The number of hydrogen-bond acceptors (Lipinski definition) is 2. The fourth-order valence-electron chi connectivity index (χ4n) is 2.18. The van der Waals surface area contributed by atoms with Crippen molar-refractivity contribution < 1.29 is 0 Å². The van der Waals surface area contributed by atoms with Gasteiger partial charge in [-0.15, -0.1) is 0 Å². The lowest BCUT2D eigenvalue weighted by Crippen LogP contribution is -2.16. The van der Waals surface area contributed by atoms with Crippen LogP contribution in [-0.4, -0.2) is 9.78 Å². The third kappa shape index (κ3) is 2.11. The monoisotopic (exact) mass is 241 g/mol. The Hall–Kier alpha value is -1.82. The summed E-state index contributed by atoms with van der Waals surface area (Å²) in [6, 6.07) is 10.7. The van der Waals surface area contributed by atoms with E-state index in [1.807, 2.05) is 23.7 Å². The molecule has 0 aliphatic rings. The number of benzene rings is 1. The molecular weight excluding hydrogens is 222 g/mol. The molecule has 0 saturated heterocycles. The van der Waals surface area contributed by atoms with Gasteiger partial charge in [-0.25, -0.2) is 0 Å². The van der Waals surface area contributed by atoms with Crippen molar-refractivity contribution in [3.05, 3.63) is 30.0 Å². The second-order valence-electron chi connectivity index (χ2n) is 4.98. The van der Waals surface area contributed by atoms with Gasteiger partial charge in [0.1, 0.15) is 0 Å². The third-order valence-corrected chi connectivity index (χ3v) is 3.64. The molecule has 3 nitrogen and oxygen atoms in total. The molecule has 1 atom stereocenters. The maximum Gasteiger partial charge on any atom is 0.0719 e. The number of hydrogen-bond donors (Lipinski definition) is 0. The summed E-state index contributed by atoms with van der Waals surface area (Å²) >= 11 is 0. The second-order valence-corrected chi connectivity index (χ2v) is 4.98. The quantitative estimate of drug-likeness (QED) is 0.821. The first kappa shape index (κ1) is 12.6. The Morgan fingerprint density at radius 1 is 1.33 bits per heavy atom. The number of aromatic nitrogens is 2. The molecule has 0 aliphatic carbocycles. The molecule has 0 N–H and O–H groups in total. The van der Waals surface area contributed by atoms with E-state index >= 15 is 0 Å². The number of nitrogens with zero attached hydrogens (tertiary/aromatic N) is 3. The van der Waals surface area contributed by atoms with Crippen molar-refractivity contribution in [2.45, 2.75) is 40.2 Å². The average molecular weight is 241 g/mol. The van der Waals surface area contributed by atoms with Crippen molar-refractivity contribution in [3.8, 4) is 6.07 Å². The van der Waals surface area contributed by atoms with E-state index in [1.165, 1.54) is 5.39 Å². The smallest absolute Gasteiger partial charge is 0.0719 e. The van der Waals surface area contributed by atoms with Crippen LogP contribution in [0, 0.1) is 16.7 Å². The summed E-state index contributed by atoms with van der Waals surface area (Å²) < 4.78 is 2.01. The van der Waals surface area contributed by atoms with E-state index in [-0.39, 0.29) is 5.41 Å². The van der Waals surface area contributed by atoms with Gasteiger partial charge >= 0.3 is 0 Å². The molecule has 1 heterocycles. The van der Waals surface area contributed by atoms with Crippen molar-refractivity contribution in [1.82, 2.24) is 9.78 Å². The van der Waals surface area contributed by atoms with E-state index in [1.54, 1.807) is 0 Å². The van der Waals surface area contributed by atoms with E-state index in [9.17, 15) is 5.26 Å². The summed E-state index contributed by atoms with van der Waals surface area (Å²) in [6.07, 6.45) is 1.56. The van der Waals surface area contributed by atoms with Crippen molar-refractivity contribution in [1.29, 1.82) is 5.26 Å². The standard InChI is InChI=1S/C15H19N3/c1-4-15(3,11-16)10-13-12-8-6-7-9-14(12)18(5-2)17-13/h6-9H,4-5,10H2,1-3H3. The molecule has 0 radical (unpaired) electrons. The molecule has 1 unspecified atom stereocenters. The van der Waals surface area contributed by atoms with Crippen LogP contribution >= 0.6 is 0 Å². The van der Waals surface area contributed by atoms with Gasteiger partial charge in [0.15, 0.2) is 0 Å². The molecule has 0 aliphatic heterocycles. The number of aryl methyl sites for hydroxylation is 1. The minimum Gasteiger partial charge on any atom is -0.265 e. The summed E-state index contributed by atoms with van der Waals surface area (Å²) in [7, 11) is 0. The second kappa shape index (κ2) is 4.81. The summed E-state index contributed by atoms with van der Waals surface area (Å²) in [6.45, 7) is 7.01. The van der Waals surface area contributed by atoms with Gasteiger partial charge in [0, 0.05) is 18.4 Å². The molecule has 94 valence electrons. The van der Waals surface area contributed by atoms with Crippen molar-refractivity contribution >= 4 is 10.9 Å². The molecule has 2 rings (SSSR count). The van der Waals surface area contributed by atoms with Gasteiger partial charge in [-0.3, -0.25) is 4.68 Å². The molecular formula is C15H19N3. The highest BCUT2D eigenvalue weighted by Gasteiger charge is 2.24. The van der Waals surface area contributed by atoms with Crippen LogP contribution in [-0.2, 0) is 13.0 Å². The normalized spacial score (nSPS) is 14.3. The topological polar surface area (TPSA) is 41.6 Å². The first-order valence-electron chi connectivity index (χ1n) is 6.49. The van der Waals surface area contributed by atoms with Crippen LogP contribution in [0.25, 0.3) is 10.9 Å². The largest absolute Gasteiger partial charge is 0.265 e. The van der Waals surface area contributed by atoms with Crippen molar-refractivity contribution in [2.24, 2.45) is 5.41 Å². The van der Waals surface area contributed by atoms with E-state index in [4.69, 9.17) is 0 Å². The van der Waals surface area contributed by atoms with Crippen LogP contribution in [0.15, 0.2) is 24.3 Å². The Bertz CT molecular complexity index is 591. The molecule has 18 heavy (non-hydrogen) atoms. The highest BCUT2D eigenvalue weighted by atomic mass is 15.3. The Morgan fingerprint density at radius 2 is 2.06 bits per heavy atom. The fraction of sp³-hybridized carbons (Fsp3) is 0.467. The third-order valence-electron chi connectivity index (χ3n) is 3.64. The SMILES string of the molecule is CCn1nc(CC(C)(C#N)CC)c2ccccc21. The maximum absolute atomic E-state index is 9.30. The lowest BCUT2D eigenvalue weighted by atomic mass is 9.84. The van der Waals surface area contributed by atoms with Gasteiger partial charge < -0.3 is 0 Å². The zero-order valence-electron chi connectivity index (χ0n) is 11.3. The Labute approximate surface area is 108 Å². The number of rotatable bonds is 4. The molecule has 3 heteroatoms. The molecule has 0 bridgehead atoms. The zero-order valence-corrected chi connectivity index (χ0v) is 11.3. The molecule has 0 spiro atoms. The molecule has 0 saturated carbocycles. The van der Waals surface area contributed by atoms with E-state index in [0.717, 1.165) is 24.2 Å². The fourth-order valence-corrected chi connectivity index (χ4v) is 2.18. The number of para-hydroxylation sites is 1. The van der Waals surface area contributed by atoms with Crippen LogP contribution in [0.4, 0.5) is 0 Å². The highest BCUT2D eigenvalue weighted by Crippen LogP contribution is 2.29. The Morgan fingerprint density at radius 3 is 2.67 bits per heavy atom. The predicted octanol–water partition coefficient (Wildman–Crippen LogP) is 3.54. The van der Waals surface area contributed by atoms with Crippen molar-refractivity contribution in [3.63, 3.8) is 0 Å². The molecule has 1 aromatic carbocycles. The number of nitriles is 1. The van der Waals surface area contributed by atoms with Crippen LogP contribution < -0.4 is 0 Å². The summed E-state index contributed by atoms with van der Waals surface area (Å²) in [5.74, 6) is 0. The lowest BCUT2D eigenvalue weighted by molar-refractivity contribution is 0.416. The van der Waals surface area contributed by atoms with Crippen LogP contribution in [0.5, 0.6) is 0 Å². The predicted molar refractivity (Wildman–Crippen MR) is 73.1 cm³/mol. The van der Waals surface area contributed by atoms with Crippen LogP contribution in [0.3, 0.4) is 0 Å². The van der Waals surface area contributed by atoms with E-state index in [0.29, 0.717) is 6.42 Å². The number of fused-ring (bicyclic) bond motifs is 1. The zero-order chi connectivity index (χ0) is 13.2. The van der Waals surface area contributed by atoms with Gasteiger partial charge in [0.05, 0.1) is 22.7 Å². The van der Waals surface area contributed by atoms with Gasteiger partial charge in [-0.1, -0.05) is 25.1 Å². The van der Waals surface area contributed by atoms with E-state index in [2.05, 4.69) is 37.1 Å². The molecule has 2 aromatic rings. The van der Waals surface area contributed by atoms with Crippen LogP contribution in [0.1, 0.15) is 32.9 Å². The molecule has 0 fully saturated rings. The minimum absolute atomic E-state index is 0.324. The maximum atomic E-state index is 9.30. The molecule has 0 amide bonds. The van der Waals surface area contributed by atoms with E-state index < -0.39 is 0 Å². The van der Waals surface area contributed by atoms with Gasteiger partial charge in [0.25, 0.3) is 0 Å². The highest BCUT2D eigenvalue weighted by molar-refractivity contribution is 5.82. The first-order chi connectivity index (χ1) is 8.63. The molecule has 1 aromatic heterocycles. The lowest BCUT2D eigenvalue weighted by Gasteiger charge is -2.17. The summed E-state index contributed by atoms with van der Waals surface area (Å²) in [5, 5.41) is 15.1. The van der Waals surface area contributed by atoms with Crippen LogP contribution in [0.2, 0.25) is 0 Å². The minimum atomic E-state index is -0.324. The van der Waals surface area contributed by atoms with Crippen molar-refractivity contribution in [2.75, 3.05) is 0 Å². The summed E-state index contributed by atoms with van der Waals surface area (Å²) in [5.41, 5.74) is 1.88. The van der Waals surface area contributed by atoms with Gasteiger partial charge in [0.2, 0.25) is 0 Å². The van der Waals surface area contributed by atoms with Gasteiger partial charge in [-0.2, -0.15) is 10.4 Å². The Balaban J connectivity index is 2.49. The van der Waals surface area contributed by atoms with Gasteiger partial charge in [-0.05, 0) is 26.3 Å².